The van der Waals surface area contributed by atoms with E-state index in [-0.39, 0.29) is 0 Å². The second-order valence-electron chi connectivity index (χ2n) is 9.39. The second-order valence-corrected chi connectivity index (χ2v) is 13.4. The Labute approximate surface area is 236 Å². The molecule has 4 heterocycles. The molecule has 0 aliphatic carbocycles. The van der Waals surface area contributed by atoms with Crippen LogP contribution in [-0.4, -0.2) is 0 Å². The van der Waals surface area contributed by atoms with Crippen LogP contribution in [0.25, 0.3) is 72.7 Å². The van der Waals surface area contributed by atoms with Crippen LogP contribution in [0.2, 0.25) is 0 Å². The molecule has 38 heavy (non-hydrogen) atoms. The third-order valence-corrected chi connectivity index (χ3v) is 11.5. The largest absolute Gasteiger partial charge is 0.144 e. The van der Waals surface area contributed by atoms with Gasteiger partial charge in [-0.3, -0.25) is 0 Å². The SMILES string of the molecule is c1csc(-c2ccc(-c3ccc4c(c3)sc3c5ccc(-c6ccc(-c7cccs7)cc6)cc5sc43)cc2)c1. The summed E-state index contributed by atoms with van der Waals surface area (Å²) in [4.78, 5) is 2.63. The second kappa shape index (κ2) is 9.04. The standard InChI is InChI=1S/C34H20S4/c1-3-29(35-17-1)23-9-5-21(6-10-23)25-13-15-27-31(19-25)37-34-28-16-14-26(20-32(28)38-33(27)34)22-7-11-24(12-8-22)30-4-2-18-36-30/h1-20H. The predicted molar refractivity (Wildman–Crippen MR) is 172 cm³/mol. The van der Waals surface area contributed by atoms with Crippen molar-refractivity contribution in [2.45, 2.75) is 0 Å². The van der Waals surface area contributed by atoms with Crippen molar-refractivity contribution >= 4 is 74.9 Å². The Hall–Kier alpha value is -3.54. The Morgan fingerprint density at radius 2 is 0.763 bits per heavy atom. The van der Waals surface area contributed by atoms with Crippen molar-refractivity contribution in [3.05, 3.63) is 120 Å². The number of hydrogen-bond donors (Lipinski definition) is 0. The molecular weight excluding hydrogens is 537 g/mol. The molecule has 4 heteroatoms. The lowest BCUT2D eigenvalue weighted by atomic mass is 10.0. The average molecular weight is 557 g/mol. The summed E-state index contributed by atoms with van der Waals surface area (Å²) in [6, 6.07) is 40.4. The zero-order chi connectivity index (χ0) is 25.1. The molecule has 0 N–H and O–H groups in total. The maximum absolute atomic E-state index is 2.36. The lowest BCUT2D eigenvalue weighted by Crippen LogP contribution is -1.78. The first-order valence-electron chi connectivity index (χ1n) is 12.5. The first-order valence-corrected chi connectivity index (χ1v) is 15.9. The van der Waals surface area contributed by atoms with Crippen LogP contribution in [0.3, 0.4) is 0 Å². The van der Waals surface area contributed by atoms with Gasteiger partial charge in [-0.2, -0.15) is 0 Å². The van der Waals surface area contributed by atoms with Crippen molar-refractivity contribution in [1.82, 2.24) is 0 Å². The minimum absolute atomic E-state index is 1.27. The molecule has 0 fully saturated rings. The van der Waals surface area contributed by atoms with Gasteiger partial charge in [0.1, 0.15) is 0 Å². The third-order valence-electron chi connectivity index (χ3n) is 7.13. The predicted octanol–water partition coefficient (Wildman–Crippen LogP) is 12.1. The first kappa shape index (κ1) is 22.4. The highest BCUT2D eigenvalue weighted by Gasteiger charge is 2.14. The van der Waals surface area contributed by atoms with Gasteiger partial charge in [-0.05, 0) is 68.4 Å². The molecule has 0 unspecified atom stereocenters. The molecule has 0 aliphatic heterocycles. The van der Waals surface area contributed by atoms with Gasteiger partial charge in [0.2, 0.25) is 0 Å². The summed E-state index contributed by atoms with van der Waals surface area (Å²) in [6.07, 6.45) is 0. The third kappa shape index (κ3) is 3.76. The van der Waals surface area contributed by atoms with E-state index in [0.29, 0.717) is 0 Å². The number of hydrogen-bond acceptors (Lipinski definition) is 4. The van der Waals surface area contributed by atoms with Crippen LogP contribution in [-0.2, 0) is 0 Å². The molecule has 8 rings (SSSR count). The van der Waals surface area contributed by atoms with Crippen LogP contribution < -0.4 is 0 Å². The number of fused-ring (bicyclic) bond motifs is 5. The van der Waals surface area contributed by atoms with E-state index < -0.39 is 0 Å². The lowest BCUT2D eigenvalue weighted by Gasteiger charge is -2.04. The van der Waals surface area contributed by atoms with Crippen molar-refractivity contribution in [2.75, 3.05) is 0 Å². The van der Waals surface area contributed by atoms with E-state index in [4.69, 9.17) is 0 Å². The Kier molecular flexibility index (Phi) is 5.34. The number of benzene rings is 4. The lowest BCUT2D eigenvalue weighted by molar-refractivity contribution is 1.65. The molecule has 4 aromatic carbocycles. The fourth-order valence-corrected chi connectivity index (χ4v) is 9.35. The highest BCUT2D eigenvalue weighted by molar-refractivity contribution is 7.36. The quantitative estimate of drug-likeness (QED) is 0.202. The molecule has 0 nitrogen and oxygen atoms in total. The Bertz CT molecular complexity index is 1880. The van der Waals surface area contributed by atoms with E-state index in [0.717, 1.165) is 0 Å². The highest BCUT2D eigenvalue weighted by atomic mass is 32.1. The van der Waals surface area contributed by atoms with Gasteiger partial charge in [0.05, 0.1) is 9.40 Å². The summed E-state index contributed by atoms with van der Waals surface area (Å²) in [5.41, 5.74) is 7.66. The smallest absolute Gasteiger partial charge is 0.0542 e. The first-order chi connectivity index (χ1) is 18.8. The topological polar surface area (TPSA) is 0 Å². The Morgan fingerprint density at radius 3 is 1.16 bits per heavy atom. The van der Waals surface area contributed by atoms with Crippen LogP contribution in [0.4, 0.5) is 0 Å². The van der Waals surface area contributed by atoms with Gasteiger partial charge in [0.25, 0.3) is 0 Å². The highest BCUT2D eigenvalue weighted by Crippen LogP contribution is 2.46. The normalized spacial score (nSPS) is 11.7. The summed E-state index contributed by atoms with van der Waals surface area (Å²) >= 11 is 7.42. The molecule has 0 bridgehead atoms. The Balaban J connectivity index is 1.14. The molecule has 180 valence electrons. The number of thiophene rings is 4. The molecule has 0 amide bonds. The molecule has 0 radical (unpaired) electrons. The molecule has 0 atom stereocenters. The molecule has 8 aromatic rings. The zero-order valence-electron chi connectivity index (χ0n) is 20.2. The van der Waals surface area contributed by atoms with Crippen molar-refractivity contribution in [2.24, 2.45) is 0 Å². The molecule has 0 saturated carbocycles. The van der Waals surface area contributed by atoms with E-state index in [2.05, 4.69) is 120 Å². The molecule has 4 aromatic heterocycles. The van der Waals surface area contributed by atoms with E-state index in [9.17, 15) is 0 Å². The van der Waals surface area contributed by atoms with Crippen molar-refractivity contribution in [3.63, 3.8) is 0 Å². The monoisotopic (exact) mass is 556 g/mol. The van der Waals surface area contributed by atoms with E-state index in [1.807, 2.05) is 22.7 Å². The van der Waals surface area contributed by atoms with Crippen LogP contribution in [0.1, 0.15) is 0 Å². The van der Waals surface area contributed by atoms with Crippen LogP contribution in [0.5, 0.6) is 0 Å². The van der Waals surface area contributed by atoms with Crippen LogP contribution in [0.15, 0.2) is 120 Å². The fourth-order valence-electron chi connectivity index (χ4n) is 5.15. The molecule has 0 spiro atoms. The minimum atomic E-state index is 1.27. The maximum Gasteiger partial charge on any atom is 0.0542 e. The van der Waals surface area contributed by atoms with Crippen LogP contribution in [0, 0.1) is 0 Å². The van der Waals surface area contributed by atoms with Gasteiger partial charge in [-0.25, -0.2) is 0 Å². The van der Waals surface area contributed by atoms with Crippen molar-refractivity contribution in [3.8, 4) is 43.1 Å². The summed E-state index contributed by atoms with van der Waals surface area (Å²) in [7, 11) is 0. The van der Waals surface area contributed by atoms with Gasteiger partial charge in [-0.15, -0.1) is 45.3 Å². The van der Waals surface area contributed by atoms with Gasteiger partial charge in [0.15, 0.2) is 0 Å². The number of rotatable bonds is 4. The van der Waals surface area contributed by atoms with Gasteiger partial charge in [0, 0.05) is 29.9 Å². The molecule has 0 aliphatic rings. The average Bonchev–Trinajstić information content (AvgIpc) is 3.78. The summed E-state index contributed by atoms with van der Waals surface area (Å²) in [6.45, 7) is 0. The van der Waals surface area contributed by atoms with E-state index in [1.54, 1.807) is 22.7 Å². The molecular formula is C34H20S4. The van der Waals surface area contributed by atoms with E-state index >= 15 is 0 Å². The van der Waals surface area contributed by atoms with Gasteiger partial charge >= 0.3 is 0 Å². The fraction of sp³-hybridized carbons (Fsp3) is 0. The van der Waals surface area contributed by atoms with E-state index in [1.165, 1.54) is 72.7 Å². The summed E-state index contributed by atoms with van der Waals surface area (Å²) in [5, 5.41) is 7.00. The van der Waals surface area contributed by atoms with Gasteiger partial charge < -0.3 is 0 Å². The van der Waals surface area contributed by atoms with Crippen molar-refractivity contribution < 1.29 is 0 Å². The maximum atomic E-state index is 2.36. The molecule has 0 saturated heterocycles. The van der Waals surface area contributed by atoms with Crippen molar-refractivity contribution in [1.29, 1.82) is 0 Å². The summed E-state index contributed by atoms with van der Waals surface area (Å²) < 4.78 is 5.54. The minimum Gasteiger partial charge on any atom is -0.144 e. The van der Waals surface area contributed by atoms with Gasteiger partial charge in [-0.1, -0.05) is 84.9 Å². The Morgan fingerprint density at radius 1 is 0.368 bits per heavy atom. The van der Waals surface area contributed by atoms with Crippen LogP contribution >= 0.6 is 45.3 Å². The zero-order valence-corrected chi connectivity index (χ0v) is 23.4. The summed E-state index contributed by atoms with van der Waals surface area (Å²) in [5.74, 6) is 0.